The Morgan fingerprint density at radius 1 is 0.417 bits per heavy atom. The van der Waals surface area contributed by atoms with Crippen LogP contribution in [0.1, 0.15) is 0 Å². The van der Waals surface area contributed by atoms with Gasteiger partial charge in [-0.25, -0.2) is 4.98 Å². The molecule has 0 saturated carbocycles. The van der Waals surface area contributed by atoms with Crippen molar-refractivity contribution in [2.24, 2.45) is 0 Å². The van der Waals surface area contributed by atoms with Crippen LogP contribution in [0, 0.1) is 0 Å². The minimum Gasteiger partial charge on any atom is -0.455 e. The Balaban J connectivity index is 1.25. The number of hydrogen-bond acceptors (Lipinski definition) is 4. The van der Waals surface area contributed by atoms with E-state index < -0.39 is 0 Å². The van der Waals surface area contributed by atoms with Gasteiger partial charge in [0.2, 0.25) is 5.95 Å². The quantitative estimate of drug-likeness (QED) is 0.198. The minimum atomic E-state index is 0.550. The number of para-hydroxylation sites is 3. The van der Waals surface area contributed by atoms with Gasteiger partial charge in [0.15, 0.2) is 11.6 Å². The molecular formula is C43H26N4O. The van der Waals surface area contributed by atoms with Crippen molar-refractivity contribution in [2.75, 3.05) is 0 Å². The summed E-state index contributed by atoms with van der Waals surface area (Å²) in [5.74, 6) is 1.70. The van der Waals surface area contributed by atoms with Gasteiger partial charge in [-0.2, -0.15) is 9.97 Å². The van der Waals surface area contributed by atoms with Gasteiger partial charge < -0.3 is 4.42 Å². The average molecular weight is 615 g/mol. The summed E-state index contributed by atoms with van der Waals surface area (Å²) in [4.78, 5) is 15.4. The molecule has 0 aliphatic carbocycles. The third-order valence-electron chi connectivity index (χ3n) is 9.26. The van der Waals surface area contributed by atoms with Gasteiger partial charge in [0, 0.05) is 27.1 Å². The fraction of sp³-hybridized carbons (Fsp3) is 0. The summed E-state index contributed by atoms with van der Waals surface area (Å²) in [7, 11) is 0. The molecule has 48 heavy (non-hydrogen) atoms. The zero-order valence-corrected chi connectivity index (χ0v) is 25.7. The molecule has 0 N–H and O–H groups in total. The second-order valence-electron chi connectivity index (χ2n) is 12.1. The van der Waals surface area contributed by atoms with Gasteiger partial charge in [0.25, 0.3) is 0 Å². The van der Waals surface area contributed by atoms with E-state index in [1.807, 2.05) is 60.7 Å². The first-order valence-corrected chi connectivity index (χ1v) is 16.0. The highest BCUT2D eigenvalue weighted by Gasteiger charge is 2.20. The van der Waals surface area contributed by atoms with E-state index in [0.717, 1.165) is 66.0 Å². The van der Waals surface area contributed by atoms with Crippen molar-refractivity contribution in [3.8, 4) is 39.9 Å². The Kier molecular flexibility index (Phi) is 5.81. The second-order valence-corrected chi connectivity index (χ2v) is 12.1. The lowest BCUT2D eigenvalue weighted by atomic mass is 10.00. The number of aromatic nitrogens is 4. The van der Waals surface area contributed by atoms with E-state index in [1.54, 1.807) is 0 Å². The molecular weight excluding hydrogens is 589 g/mol. The van der Waals surface area contributed by atoms with Crippen LogP contribution < -0.4 is 0 Å². The summed E-state index contributed by atoms with van der Waals surface area (Å²) in [5.41, 5.74) is 7.67. The molecule has 5 nitrogen and oxygen atoms in total. The van der Waals surface area contributed by atoms with Crippen LogP contribution in [-0.4, -0.2) is 19.5 Å². The first kappa shape index (κ1) is 26.6. The van der Waals surface area contributed by atoms with Gasteiger partial charge in [-0.15, -0.1) is 0 Å². The van der Waals surface area contributed by atoms with Gasteiger partial charge in [0.05, 0.1) is 16.6 Å². The van der Waals surface area contributed by atoms with Crippen molar-refractivity contribution in [2.45, 2.75) is 0 Å². The van der Waals surface area contributed by atoms with Crippen LogP contribution in [0.3, 0.4) is 0 Å². The van der Waals surface area contributed by atoms with Gasteiger partial charge in [-0.1, -0.05) is 127 Å². The van der Waals surface area contributed by atoms with Crippen LogP contribution >= 0.6 is 0 Å². The number of fused-ring (bicyclic) bond motifs is 7. The van der Waals surface area contributed by atoms with Crippen molar-refractivity contribution < 1.29 is 4.42 Å². The minimum absolute atomic E-state index is 0.550. The third kappa shape index (κ3) is 4.15. The lowest BCUT2D eigenvalue weighted by molar-refractivity contribution is 0.669. The molecule has 0 aliphatic rings. The van der Waals surface area contributed by atoms with E-state index in [1.165, 1.54) is 10.8 Å². The monoisotopic (exact) mass is 614 g/mol. The zero-order chi connectivity index (χ0) is 31.6. The summed E-state index contributed by atoms with van der Waals surface area (Å²) in [6.45, 7) is 0. The molecule has 10 rings (SSSR count). The molecule has 0 unspecified atom stereocenters. The van der Waals surface area contributed by atoms with Crippen molar-refractivity contribution in [3.05, 3.63) is 158 Å². The van der Waals surface area contributed by atoms with Crippen LogP contribution in [0.15, 0.2) is 162 Å². The van der Waals surface area contributed by atoms with Crippen molar-refractivity contribution in [1.29, 1.82) is 0 Å². The Morgan fingerprint density at radius 3 is 2.02 bits per heavy atom. The number of furan rings is 1. The Labute approximate surface area is 275 Å². The molecule has 0 bridgehead atoms. The van der Waals surface area contributed by atoms with Crippen LogP contribution in [0.2, 0.25) is 0 Å². The molecule has 0 radical (unpaired) electrons. The Hall–Kier alpha value is -6.59. The summed E-state index contributed by atoms with van der Waals surface area (Å²) in [6, 6.07) is 54.6. The van der Waals surface area contributed by atoms with Crippen LogP contribution in [0.25, 0.3) is 94.4 Å². The van der Waals surface area contributed by atoms with E-state index >= 15 is 0 Å². The Bertz CT molecular complexity index is 2850. The maximum atomic E-state index is 6.44. The van der Waals surface area contributed by atoms with E-state index in [-0.39, 0.29) is 0 Å². The maximum absolute atomic E-state index is 6.44. The van der Waals surface area contributed by atoms with Gasteiger partial charge in [-0.3, -0.25) is 4.57 Å². The normalized spacial score (nSPS) is 11.8. The number of nitrogens with zero attached hydrogens (tertiary/aromatic N) is 4. The molecule has 0 spiro atoms. The lowest BCUT2D eigenvalue weighted by Gasteiger charge is -2.12. The molecule has 5 heteroatoms. The lowest BCUT2D eigenvalue weighted by Crippen LogP contribution is -2.06. The first-order valence-electron chi connectivity index (χ1n) is 16.0. The molecule has 0 atom stereocenters. The summed E-state index contributed by atoms with van der Waals surface area (Å²) in [5, 5.41) is 6.81. The summed E-state index contributed by atoms with van der Waals surface area (Å²) >= 11 is 0. The first-order chi connectivity index (χ1) is 23.8. The van der Waals surface area contributed by atoms with Crippen LogP contribution in [0.4, 0.5) is 0 Å². The SMILES string of the molecule is c1ccc(-c2nc(-c3cccc4c3oc3ccccc34)nc(-n3c4ccccc4c4ccc(-c5ccc6ccccc6c5)cc43)n2)cc1. The predicted octanol–water partition coefficient (Wildman–Crippen LogP) is 11.0. The van der Waals surface area contributed by atoms with Gasteiger partial charge >= 0.3 is 0 Å². The largest absolute Gasteiger partial charge is 0.455 e. The molecule has 7 aromatic carbocycles. The smallest absolute Gasteiger partial charge is 0.238 e. The summed E-state index contributed by atoms with van der Waals surface area (Å²) in [6.07, 6.45) is 0. The molecule has 0 fully saturated rings. The highest BCUT2D eigenvalue weighted by molar-refractivity contribution is 6.11. The van der Waals surface area contributed by atoms with E-state index in [9.17, 15) is 0 Å². The van der Waals surface area contributed by atoms with E-state index in [2.05, 4.69) is 102 Å². The van der Waals surface area contributed by atoms with Gasteiger partial charge in [-0.05, 0) is 52.2 Å². The summed E-state index contributed by atoms with van der Waals surface area (Å²) < 4.78 is 8.61. The molecule has 0 saturated heterocycles. The zero-order valence-electron chi connectivity index (χ0n) is 25.7. The fourth-order valence-electron chi connectivity index (χ4n) is 6.96. The second kappa shape index (κ2) is 10.5. The maximum Gasteiger partial charge on any atom is 0.238 e. The Morgan fingerprint density at radius 2 is 1.10 bits per heavy atom. The highest BCUT2D eigenvalue weighted by atomic mass is 16.3. The molecule has 3 aromatic heterocycles. The number of hydrogen-bond donors (Lipinski definition) is 0. The van der Waals surface area contributed by atoms with Crippen molar-refractivity contribution >= 4 is 54.5 Å². The highest BCUT2D eigenvalue weighted by Crippen LogP contribution is 2.38. The average Bonchev–Trinajstić information content (AvgIpc) is 3.70. The molecule has 10 aromatic rings. The topological polar surface area (TPSA) is 56.7 Å². The number of benzene rings is 7. The van der Waals surface area contributed by atoms with Crippen molar-refractivity contribution in [1.82, 2.24) is 19.5 Å². The molecule has 0 aliphatic heterocycles. The van der Waals surface area contributed by atoms with Crippen molar-refractivity contribution in [3.63, 3.8) is 0 Å². The number of rotatable bonds is 4. The van der Waals surface area contributed by atoms with Crippen LogP contribution in [0.5, 0.6) is 0 Å². The predicted molar refractivity (Wildman–Crippen MR) is 195 cm³/mol. The van der Waals surface area contributed by atoms with E-state index in [4.69, 9.17) is 19.4 Å². The molecule has 224 valence electrons. The molecule has 0 amide bonds. The van der Waals surface area contributed by atoms with E-state index in [0.29, 0.717) is 17.6 Å². The third-order valence-corrected chi connectivity index (χ3v) is 9.26. The standard InChI is InChI=1S/C43H26N4O/c1-2-12-28(13-3-1)41-44-42(36-18-10-17-35-34-16-7-9-20-39(34)48-40(35)36)46-43(45-41)47-37-19-8-6-15-32(37)33-24-23-31(26-38(33)47)30-22-21-27-11-4-5-14-29(27)25-30/h1-26H. The molecule has 3 heterocycles. The van der Waals surface area contributed by atoms with Crippen LogP contribution in [-0.2, 0) is 0 Å². The fourth-order valence-corrected chi connectivity index (χ4v) is 6.96. The van der Waals surface area contributed by atoms with Gasteiger partial charge in [0.1, 0.15) is 11.2 Å².